The number of anilines is 1. The zero-order valence-corrected chi connectivity index (χ0v) is 16.9. The van der Waals surface area contributed by atoms with E-state index in [4.69, 9.17) is 4.18 Å². The van der Waals surface area contributed by atoms with Gasteiger partial charge in [-0.25, -0.2) is 0 Å². The number of alkyl halides is 6. The molecule has 0 spiro atoms. The lowest BCUT2D eigenvalue weighted by Crippen LogP contribution is -2.59. The third-order valence-corrected chi connectivity index (χ3v) is 6.53. The molecule has 1 heterocycles. The van der Waals surface area contributed by atoms with Gasteiger partial charge in [0.1, 0.15) is 10.6 Å². The molecule has 14 heteroatoms. The Kier molecular flexibility index (Phi) is 5.59. The van der Waals surface area contributed by atoms with Crippen LogP contribution in [0.15, 0.2) is 52.3 Å². The summed E-state index contributed by atoms with van der Waals surface area (Å²) in [5.41, 5.74) is -1.68. The maximum atomic E-state index is 13.7. The van der Waals surface area contributed by atoms with E-state index in [0.717, 1.165) is 31.2 Å². The number of para-hydroxylation sites is 1. The van der Waals surface area contributed by atoms with Crippen molar-refractivity contribution in [3.8, 4) is 5.75 Å². The maximum Gasteiger partial charge on any atom is 0.441 e. The van der Waals surface area contributed by atoms with E-state index < -0.39 is 55.3 Å². The molecule has 0 radical (unpaired) electrons. The van der Waals surface area contributed by atoms with Crippen molar-refractivity contribution in [3.63, 3.8) is 0 Å². The Morgan fingerprint density at radius 1 is 1.10 bits per heavy atom. The molecule has 1 aliphatic heterocycles. The third-order valence-electron chi connectivity index (χ3n) is 3.94. The molecule has 2 aromatic rings. The van der Waals surface area contributed by atoms with Gasteiger partial charge in [-0.05, 0) is 30.3 Å². The predicted molar refractivity (Wildman–Crippen MR) is 97.8 cm³/mol. The van der Waals surface area contributed by atoms with Gasteiger partial charge in [-0.3, -0.25) is 4.79 Å². The van der Waals surface area contributed by atoms with Gasteiger partial charge in [0.15, 0.2) is 0 Å². The van der Waals surface area contributed by atoms with Crippen LogP contribution in [0, 0.1) is 0 Å². The molecule has 0 fully saturated rings. The van der Waals surface area contributed by atoms with Crippen LogP contribution in [-0.2, 0) is 21.1 Å². The molecule has 0 aromatic heterocycles. The van der Waals surface area contributed by atoms with E-state index >= 15 is 0 Å². The monoisotopic (exact) mass is 486 g/mol. The van der Waals surface area contributed by atoms with Crippen LogP contribution in [0.3, 0.4) is 0 Å². The fourth-order valence-electron chi connectivity index (χ4n) is 2.69. The molecule has 168 valence electrons. The zero-order chi connectivity index (χ0) is 23.2. The summed E-state index contributed by atoms with van der Waals surface area (Å²) in [5.74, 6) is -1.71. The number of fused-ring (bicyclic) bond motifs is 1. The van der Waals surface area contributed by atoms with Crippen molar-refractivity contribution in [2.24, 2.45) is 0 Å². The van der Waals surface area contributed by atoms with Gasteiger partial charge in [0, 0.05) is 11.8 Å². The number of nitrogens with one attached hydrogen (secondary N) is 2. The summed E-state index contributed by atoms with van der Waals surface area (Å²) < 4.78 is 110. The number of carbonyl (C=O) groups excluding carboxylic acids is 1. The minimum atomic E-state index is -5.04. The molecule has 0 saturated carbocycles. The van der Waals surface area contributed by atoms with Gasteiger partial charge in [-0.15, -0.1) is 0 Å². The van der Waals surface area contributed by atoms with Crippen LogP contribution in [0.4, 0.5) is 32.0 Å². The first-order chi connectivity index (χ1) is 14.1. The number of hydrogen-bond acceptors (Lipinski definition) is 6. The first-order valence-corrected chi connectivity index (χ1v) is 10.4. The molecule has 0 aliphatic carbocycles. The minimum absolute atomic E-state index is 0.124. The molecule has 3 rings (SSSR count). The van der Waals surface area contributed by atoms with Crippen molar-refractivity contribution < 1.29 is 43.7 Å². The highest BCUT2D eigenvalue weighted by molar-refractivity contribution is 8.01. The second kappa shape index (κ2) is 7.51. The first kappa shape index (κ1) is 23.1. The standard InChI is InChI=1S/C17H12F6N2O4S2/c1-9(26)24-17(16(21,22)23)25-14-12(30-17)6-3-7-13(14)31(27,28)29-11-5-2-4-10(8-11)15(18,19)20/h2-8,25H,1H3,(H,24,26). The highest BCUT2D eigenvalue weighted by Gasteiger charge is 2.61. The molecule has 2 N–H and O–H groups in total. The van der Waals surface area contributed by atoms with Crippen molar-refractivity contribution >= 4 is 33.5 Å². The van der Waals surface area contributed by atoms with E-state index in [1.165, 1.54) is 6.07 Å². The number of rotatable bonds is 4. The van der Waals surface area contributed by atoms with E-state index in [9.17, 15) is 39.6 Å². The van der Waals surface area contributed by atoms with Crippen LogP contribution < -0.4 is 14.8 Å². The van der Waals surface area contributed by atoms with Crippen molar-refractivity contribution in [3.05, 3.63) is 48.0 Å². The molecule has 1 unspecified atom stereocenters. The molecule has 0 saturated heterocycles. The summed E-state index contributed by atoms with van der Waals surface area (Å²) in [7, 11) is -4.85. The van der Waals surface area contributed by atoms with Crippen molar-refractivity contribution in [1.82, 2.24) is 5.32 Å². The Balaban J connectivity index is 2.01. The Bertz CT molecular complexity index is 1130. The lowest BCUT2D eigenvalue weighted by Gasteiger charge is -2.31. The largest absolute Gasteiger partial charge is 0.441 e. The van der Waals surface area contributed by atoms with E-state index in [0.29, 0.717) is 12.1 Å². The molecule has 6 nitrogen and oxygen atoms in total. The molecule has 1 aliphatic rings. The van der Waals surface area contributed by atoms with Gasteiger partial charge in [0.25, 0.3) is 4.99 Å². The highest BCUT2D eigenvalue weighted by atomic mass is 32.2. The molecule has 0 bridgehead atoms. The Hall–Kier alpha value is -2.61. The van der Waals surface area contributed by atoms with E-state index in [2.05, 4.69) is 0 Å². The third kappa shape index (κ3) is 4.54. The molecule has 1 amide bonds. The van der Waals surface area contributed by atoms with Crippen LogP contribution in [0.5, 0.6) is 5.75 Å². The summed E-state index contributed by atoms with van der Waals surface area (Å²) >= 11 is 0.124. The topological polar surface area (TPSA) is 84.5 Å². The van der Waals surface area contributed by atoms with Crippen LogP contribution in [-0.4, -0.2) is 25.5 Å². The van der Waals surface area contributed by atoms with Gasteiger partial charge in [-0.2, -0.15) is 34.8 Å². The lowest BCUT2D eigenvalue weighted by atomic mass is 10.2. The van der Waals surface area contributed by atoms with Gasteiger partial charge in [0.05, 0.1) is 11.3 Å². The summed E-state index contributed by atoms with van der Waals surface area (Å²) in [6, 6.07) is 6.26. The Labute approximate surface area is 176 Å². The van der Waals surface area contributed by atoms with E-state index in [1.807, 2.05) is 5.32 Å². The smallest absolute Gasteiger partial charge is 0.379 e. The van der Waals surface area contributed by atoms with Crippen LogP contribution in [0.25, 0.3) is 0 Å². The molecule has 31 heavy (non-hydrogen) atoms. The van der Waals surface area contributed by atoms with Gasteiger partial charge >= 0.3 is 22.5 Å². The van der Waals surface area contributed by atoms with E-state index in [1.54, 1.807) is 5.32 Å². The number of hydrogen-bond donors (Lipinski definition) is 2. The van der Waals surface area contributed by atoms with Crippen molar-refractivity contribution in [2.75, 3.05) is 5.32 Å². The lowest BCUT2D eigenvalue weighted by molar-refractivity contribution is -0.164. The second-order valence-corrected chi connectivity index (χ2v) is 9.05. The Morgan fingerprint density at radius 2 is 1.74 bits per heavy atom. The fraction of sp³-hybridized carbons (Fsp3) is 0.235. The predicted octanol–water partition coefficient (Wildman–Crippen LogP) is 4.34. The number of benzene rings is 2. The van der Waals surface area contributed by atoms with Crippen LogP contribution in [0.2, 0.25) is 0 Å². The number of thioether (sulfide) groups is 1. The molecular weight excluding hydrogens is 474 g/mol. The molecular formula is C17H12F6N2O4S2. The average Bonchev–Trinajstić information content (AvgIpc) is 2.99. The summed E-state index contributed by atoms with van der Waals surface area (Å²) in [5, 5.41) is 3.70. The maximum absolute atomic E-state index is 13.7. The second-order valence-electron chi connectivity index (χ2n) is 6.28. The first-order valence-electron chi connectivity index (χ1n) is 8.22. The van der Waals surface area contributed by atoms with Crippen molar-refractivity contribution in [1.29, 1.82) is 0 Å². The average molecular weight is 486 g/mol. The fourth-order valence-corrected chi connectivity index (χ4v) is 5.06. The molecule has 2 aromatic carbocycles. The summed E-state index contributed by atoms with van der Waals surface area (Å²) in [4.78, 5) is 7.39. The van der Waals surface area contributed by atoms with Gasteiger partial charge in [-0.1, -0.05) is 23.9 Å². The quantitative estimate of drug-likeness (QED) is 0.494. The minimum Gasteiger partial charge on any atom is -0.379 e. The summed E-state index contributed by atoms with van der Waals surface area (Å²) in [6.45, 7) is 0.854. The van der Waals surface area contributed by atoms with Crippen molar-refractivity contribution in [2.45, 2.75) is 34.1 Å². The number of carbonyl (C=O) groups is 1. The normalized spacial score (nSPS) is 18.8. The Morgan fingerprint density at radius 3 is 2.32 bits per heavy atom. The SMILES string of the molecule is CC(=O)NC1(C(F)(F)F)Nc2c(cccc2S(=O)(=O)Oc2cccc(C(F)(F)F)c2)S1. The van der Waals surface area contributed by atoms with Crippen LogP contribution in [0.1, 0.15) is 12.5 Å². The van der Waals surface area contributed by atoms with Gasteiger partial charge in [0.2, 0.25) is 5.91 Å². The van der Waals surface area contributed by atoms with Gasteiger partial charge < -0.3 is 14.8 Å². The van der Waals surface area contributed by atoms with E-state index in [-0.39, 0.29) is 16.7 Å². The number of amides is 1. The summed E-state index contributed by atoms with van der Waals surface area (Å²) in [6.07, 6.45) is -9.80. The highest BCUT2D eigenvalue weighted by Crippen LogP contribution is 2.53. The molecule has 1 atom stereocenters. The van der Waals surface area contributed by atoms with Crippen LogP contribution >= 0.6 is 11.8 Å². The zero-order valence-electron chi connectivity index (χ0n) is 15.3. The number of halogens is 6.